The number of rotatable bonds is 11. The Hall–Kier alpha value is -4.83. The maximum absolute atomic E-state index is 13.5. The van der Waals surface area contributed by atoms with Crippen LogP contribution in [0, 0.1) is 0 Å². The van der Waals surface area contributed by atoms with Crippen molar-refractivity contribution in [1.82, 2.24) is 16.0 Å². The smallest absolute Gasteiger partial charge is 0.319 e. The molecule has 1 heterocycles. The predicted molar refractivity (Wildman–Crippen MR) is 190 cm³/mol. The number of phenolic OH excluding ortho intramolecular Hbond substituents is 2. The first-order chi connectivity index (χ1) is 23.0. The zero-order valence-corrected chi connectivity index (χ0v) is 28.9. The lowest BCUT2D eigenvalue weighted by Gasteiger charge is -2.31. The molecule has 1 fully saturated rings. The molecule has 3 aromatic carbocycles. The molecule has 1 aliphatic heterocycles. The second-order valence-corrected chi connectivity index (χ2v) is 12.4. The summed E-state index contributed by atoms with van der Waals surface area (Å²) in [6.07, 6.45) is 3.93. The van der Waals surface area contributed by atoms with Crippen LogP contribution < -0.4 is 26.2 Å². The third kappa shape index (κ3) is 12.4. The second-order valence-electron chi connectivity index (χ2n) is 12.4. The molecule has 7 N–H and O–H groups in total. The first-order valence-corrected chi connectivity index (χ1v) is 16.9. The van der Waals surface area contributed by atoms with Gasteiger partial charge in [0.2, 0.25) is 5.91 Å². The third-order valence-corrected chi connectivity index (χ3v) is 8.28. The number of likely N-dealkylation sites (tertiary alicyclic amines) is 1. The van der Waals surface area contributed by atoms with Crippen LogP contribution in [0.3, 0.4) is 0 Å². The number of carbonyl (C=O) groups is 3. The van der Waals surface area contributed by atoms with E-state index in [2.05, 4.69) is 35.1 Å². The summed E-state index contributed by atoms with van der Waals surface area (Å²) in [7, 11) is 0. The summed E-state index contributed by atoms with van der Waals surface area (Å²) in [5.41, 5.74) is 4.72. The average Bonchev–Trinajstić information content (AvgIpc) is 3.06. The van der Waals surface area contributed by atoms with Crippen molar-refractivity contribution in [2.45, 2.75) is 85.4 Å². The number of aromatic hydroxyl groups is 2. The molecule has 0 aromatic heterocycles. The Balaban J connectivity index is 0.00000201. The van der Waals surface area contributed by atoms with Gasteiger partial charge >= 0.3 is 6.03 Å². The molecule has 0 bridgehead atoms. The molecule has 4 amide bonds. The van der Waals surface area contributed by atoms with E-state index < -0.39 is 12.1 Å². The molecule has 3 aromatic rings. The van der Waals surface area contributed by atoms with Crippen molar-refractivity contribution in [3.05, 3.63) is 101 Å². The van der Waals surface area contributed by atoms with E-state index in [0.717, 1.165) is 61.3 Å². The minimum atomic E-state index is -0.853. The molecule has 1 saturated heterocycles. The van der Waals surface area contributed by atoms with Gasteiger partial charge < -0.3 is 36.4 Å². The van der Waals surface area contributed by atoms with Gasteiger partial charge in [0.1, 0.15) is 24.1 Å². The fourth-order valence-electron chi connectivity index (χ4n) is 5.33. The highest BCUT2D eigenvalue weighted by atomic mass is 16.3. The lowest BCUT2D eigenvalue weighted by molar-refractivity contribution is -0.918. The van der Waals surface area contributed by atoms with E-state index in [0.29, 0.717) is 11.3 Å². The van der Waals surface area contributed by atoms with Crippen molar-refractivity contribution < 1.29 is 29.5 Å². The Morgan fingerprint density at radius 3 is 2.10 bits per heavy atom. The zero-order chi connectivity index (χ0) is 35.1. The van der Waals surface area contributed by atoms with E-state index in [4.69, 9.17) is 0 Å². The van der Waals surface area contributed by atoms with Crippen LogP contribution >= 0.6 is 0 Å². The van der Waals surface area contributed by atoms with E-state index in [-0.39, 0.29) is 35.8 Å². The highest BCUT2D eigenvalue weighted by Gasteiger charge is 2.28. The number of hydrogen-bond donors (Lipinski definition) is 7. The van der Waals surface area contributed by atoms with E-state index in [1.54, 1.807) is 60.7 Å². The summed E-state index contributed by atoms with van der Waals surface area (Å²) in [5.74, 6) is -0.129. The number of anilines is 1. The Morgan fingerprint density at radius 2 is 1.50 bits per heavy atom. The topological polar surface area (TPSA) is 144 Å². The molecular weight excluding hydrogens is 606 g/mol. The summed E-state index contributed by atoms with van der Waals surface area (Å²) in [4.78, 5) is 40.5. The van der Waals surface area contributed by atoms with Crippen LogP contribution in [-0.2, 0) is 17.8 Å². The highest BCUT2D eigenvalue weighted by Crippen LogP contribution is 2.15. The van der Waals surface area contributed by atoms with Crippen molar-refractivity contribution >= 4 is 23.5 Å². The maximum atomic E-state index is 13.5. The van der Waals surface area contributed by atoms with Gasteiger partial charge in [-0.3, -0.25) is 9.59 Å². The number of quaternary nitrogens is 1. The molecule has 0 saturated carbocycles. The summed E-state index contributed by atoms with van der Waals surface area (Å²) in [6, 6.07) is 19.0. The van der Waals surface area contributed by atoms with Gasteiger partial charge in [-0.15, -0.1) is 0 Å². The number of carbonyl (C=O) groups excluding carboxylic acids is 3. The van der Waals surface area contributed by atoms with E-state index >= 15 is 0 Å². The summed E-state index contributed by atoms with van der Waals surface area (Å²) in [5, 5.41) is 31.0. The van der Waals surface area contributed by atoms with Crippen LogP contribution in [-0.4, -0.2) is 53.2 Å². The highest BCUT2D eigenvalue weighted by molar-refractivity contribution is 5.97. The minimum Gasteiger partial charge on any atom is -0.508 e. The monoisotopic (exact) mass is 658 g/mol. The number of piperidine rings is 1. The van der Waals surface area contributed by atoms with Crippen molar-refractivity contribution in [3.63, 3.8) is 0 Å². The fraction of sp³-hybridized carbons (Fsp3) is 0.395. The molecule has 10 heteroatoms. The Morgan fingerprint density at radius 1 is 0.854 bits per heavy atom. The van der Waals surface area contributed by atoms with Gasteiger partial charge in [0, 0.05) is 47.8 Å². The number of benzene rings is 3. The largest absolute Gasteiger partial charge is 0.508 e. The Labute approximate surface area is 284 Å². The number of phenols is 2. The molecule has 4 rings (SSSR count). The quantitative estimate of drug-likeness (QED) is 0.154. The number of amides is 4. The first kappa shape index (κ1) is 37.6. The SMILES string of the molecule is CCC.CCC(C)=C(C)NC(=O)c1ccc(NC(=O)N[C@@H](Cc2ccc(O)cc2)C(=O)NC2CC[NH+](Cc3cccc(O)c3)CC2)cc1. The van der Waals surface area contributed by atoms with Gasteiger partial charge in [-0.2, -0.15) is 0 Å². The van der Waals surface area contributed by atoms with Crippen LogP contribution in [0.2, 0.25) is 0 Å². The number of nitrogens with one attached hydrogen (secondary N) is 5. The van der Waals surface area contributed by atoms with Gasteiger partial charge in [0.25, 0.3) is 5.91 Å². The van der Waals surface area contributed by atoms with Gasteiger partial charge in [-0.25, -0.2) is 4.79 Å². The molecule has 0 unspecified atom stereocenters. The fourth-order valence-corrected chi connectivity index (χ4v) is 5.33. The molecule has 258 valence electrons. The van der Waals surface area contributed by atoms with Gasteiger partial charge in [-0.05, 0) is 74.4 Å². The molecule has 48 heavy (non-hydrogen) atoms. The minimum absolute atomic E-state index is 0.0177. The van der Waals surface area contributed by atoms with E-state index in [1.807, 2.05) is 32.9 Å². The van der Waals surface area contributed by atoms with E-state index in [1.165, 1.54) is 11.3 Å². The second kappa shape index (κ2) is 19.1. The Kier molecular flexibility index (Phi) is 15.0. The summed E-state index contributed by atoms with van der Waals surface area (Å²) < 4.78 is 0. The van der Waals surface area contributed by atoms with Gasteiger partial charge in [0.05, 0.1) is 13.1 Å². The molecular formula is C38H52N5O5+. The number of allylic oxidation sites excluding steroid dienone is 2. The lowest BCUT2D eigenvalue weighted by atomic mass is 10.0. The summed E-state index contributed by atoms with van der Waals surface area (Å²) >= 11 is 0. The zero-order valence-electron chi connectivity index (χ0n) is 28.9. The van der Waals surface area contributed by atoms with Crippen LogP contribution in [0.5, 0.6) is 11.5 Å². The third-order valence-electron chi connectivity index (χ3n) is 8.28. The van der Waals surface area contributed by atoms with Crippen molar-refractivity contribution in [2.75, 3.05) is 18.4 Å². The van der Waals surface area contributed by atoms with Gasteiger partial charge in [-0.1, -0.05) is 57.0 Å². The number of urea groups is 1. The van der Waals surface area contributed by atoms with Crippen LogP contribution in [0.25, 0.3) is 0 Å². The van der Waals surface area contributed by atoms with Crippen molar-refractivity contribution in [3.8, 4) is 11.5 Å². The average molecular weight is 659 g/mol. The normalized spacial score (nSPS) is 16.7. The number of hydrogen-bond acceptors (Lipinski definition) is 5. The van der Waals surface area contributed by atoms with Gasteiger partial charge in [0.15, 0.2) is 0 Å². The van der Waals surface area contributed by atoms with Crippen LogP contribution in [0.1, 0.15) is 81.8 Å². The lowest BCUT2D eigenvalue weighted by Crippen LogP contribution is -3.12. The van der Waals surface area contributed by atoms with Crippen molar-refractivity contribution in [1.29, 1.82) is 0 Å². The van der Waals surface area contributed by atoms with Crippen molar-refractivity contribution in [2.24, 2.45) is 0 Å². The standard InChI is InChI=1S/C35H43N5O5.C3H8/c1-4-23(2)24(3)36-33(43)27-10-12-28(13-11-27)38-35(45)39-32(21-25-8-14-30(41)15-9-25)34(44)37-29-16-18-40(19-17-29)22-26-6-5-7-31(42)20-26;1-3-2/h5-15,20,29,32,41-42H,4,16-19,21-22H2,1-3H3,(H,36,43)(H,37,44)(H2,38,39,45);3H2,1-2H3/p+1/t32-;/m0./s1. The first-order valence-electron chi connectivity index (χ1n) is 16.9. The van der Waals surface area contributed by atoms with E-state index in [9.17, 15) is 24.6 Å². The predicted octanol–water partition coefficient (Wildman–Crippen LogP) is 5.04. The molecule has 0 radical (unpaired) electrons. The molecule has 0 aliphatic carbocycles. The van der Waals surface area contributed by atoms with Crippen LogP contribution in [0.4, 0.5) is 10.5 Å². The maximum Gasteiger partial charge on any atom is 0.319 e. The molecule has 0 spiro atoms. The van der Waals surface area contributed by atoms with Crippen LogP contribution in [0.15, 0.2) is 84.1 Å². The summed E-state index contributed by atoms with van der Waals surface area (Å²) in [6.45, 7) is 12.7. The molecule has 10 nitrogen and oxygen atoms in total. The Bertz CT molecular complexity index is 1510. The molecule has 1 aliphatic rings. The molecule has 1 atom stereocenters.